The van der Waals surface area contributed by atoms with Crippen molar-refractivity contribution >= 4 is 26.6 Å². The van der Waals surface area contributed by atoms with Gasteiger partial charge in [0.1, 0.15) is 0 Å². The van der Waals surface area contributed by atoms with E-state index in [4.69, 9.17) is 0 Å². The van der Waals surface area contributed by atoms with E-state index in [2.05, 4.69) is 11.4 Å². The fraction of sp³-hybridized carbons (Fsp3) is 0.333. The minimum absolute atomic E-state index is 0.311. The van der Waals surface area contributed by atoms with E-state index >= 15 is 0 Å². The van der Waals surface area contributed by atoms with E-state index in [1.54, 1.807) is 24.3 Å². The first-order valence-corrected chi connectivity index (χ1v) is 10.7. The third-order valence-electron chi connectivity index (χ3n) is 5.22. The van der Waals surface area contributed by atoms with E-state index in [0.717, 1.165) is 22.3 Å². The van der Waals surface area contributed by atoms with Gasteiger partial charge in [-0.05, 0) is 50.1 Å². The van der Waals surface area contributed by atoms with Crippen molar-refractivity contribution in [1.82, 2.24) is 3.97 Å². The van der Waals surface area contributed by atoms with Gasteiger partial charge in [-0.1, -0.05) is 43.5 Å². The summed E-state index contributed by atoms with van der Waals surface area (Å²) in [7, 11) is -3.61. The minimum atomic E-state index is -3.61. The lowest BCUT2D eigenvalue weighted by Gasteiger charge is -2.24. The van der Waals surface area contributed by atoms with Gasteiger partial charge in [0.25, 0.3) is 10.0 Å². The molecule has 4 nitrogen and oxygen atoms in total. The van der Waals surface area contributed by atoms with Gasteiger partial charge in [0.2, 0.25) is 0 Å². The predicted octanol–water partition coefficient (Wildman–Crippen LogP) is 4.93. The molecule has 136 valence electrons. The van der Waals surface area contributed by atoms with Crippen LogP contribution in [0.2, 0.25) is 0 Å². The summed E-state index contributed by atoms with van der Waals surface area (Å²) in [5, 5.41) is 4.62. The lowest BCUT2D eigenvalue weighted by Crippen LogP contribution is -2.22. The highest BCUT2D eigenvalue weighted by atomic mass is 32.2. The molecule has 1 aliphatic rings. The van der Waals surface area contributed by atoms with Gasteiger partial charge in [-0.15, -0.1) is 0 Å². The van der Waals surface area contributed by atoms with Crippen LogP contribution in [0.1, 0.15) is 37.8 Å². The van der Waals surface area contributed by atoms with Gasteiger partial charge in [0.15, 0.2) is 0 Å². The van der Waals surface area contributed by atoms with Crippen molar-refractivity contribution in [2.45, 2.75) is 50.0 Å². The van der Waals surface area contributed by atoms with Crippen LogP contribution in [0.4, 0.5) is 5.69 Å². The van der Waals surface area contributed by atoms with Gasteiger partial charge < -0.3 is 5.32 Å². The summed E-state index contributed by atoms with van der Waals surface area (Å²) in [5.74, 6) is 0. The Hall–Kier alpha value is -2.27. The van der Waals surface area contributed by atoms with Crippen LogP contribution in [0, 0.1) is 6.92 Å². The predicted molar refractivity (Wildman–Crippen MR) is 106 cm³/mol. The number of aryl methyl sites for hydroxylation is 1. The Morgan fingerprint density at radius 3 is 2.42 bits per heavy atom. The summed E-state index contributed by atoms with van der Waals surface area (Å²) in [6.07, 6.45) is 6.19. The molecule has 0 saturated heterocycles. The van der Waals surface area contributed by atoms with Crippen LogP contribution in [0.15, 0.2) is 59.5 Å². The molecule has 4 rings (SSSR count). The number of nitrogens with zero attached hydrogens (tertiary/aromatic N) is 1. The topological polar surface area (TPSA) is 51.1 Å². The molecular weight excluding hydrogens is 344 g/mol. The van der Waals surface area contributed by atoms with Gasteiger partial charge >= 0.3 is 0 Å². The van der Waals surface area contributed by atoms with Gasteiger partial charge in [0, 0.05) is 22.8 Å². The maximum Gasteiger partial charge on any atom is 0.268 e. The van der Waals surface area contributed by atoms with Gasteiger partial charge in [0.05, 0.1) is 10.4 Å². The standard InChI is InChI=1S/C21H24N2O2S/c1-16-15-19-20(22-17-9-4-2-5-10-17)13-8-14-21(19)23(16)26(24,25)18-11-6-3-7-12-18/h3,6-8,11-15,17,22H,2,4-5,9-10H2,1H3. The SMILES string of the molecule is Cc1cc2c(NC3CCCCC3)cccc2n1S(=O)(=O)c1ccccc1. The summed E-state index contributed by atoms with van der Waals surface area (Å²) in [6.45, 7) is 1.85. The van der Waals surface area contributed by atoms with Gasteiger partial charge in [-0.2, -0.15) is 0 Å². The fourth-order valence-electron chi connectivity index (χ4n) is 3.95. The summed E-state index contributed by atoms with van der Waals surface area (Å²) >= 11 is 0. The molecule has 0 unspecified atom stereocenters. The number of nitrogens with one attached hydrogen (secondary N) is 1. The highest BCUT2D eigenvalue weighted by Gasteiger charge is 2.23. The Morgan fingerprint density at radius 1 is 0.962 bits per heavy atom. The smallest absolute Gasteiger partial charge is 0.268 e. The average molecular weight is 369 g/mol. The fourth-order valence-corrected chi connectivity index (χ4v) is 5.51. The van der Waals surface area contributed by atoms with E-state index in [9.17, 15) is 8.42 Å². The van der Waals surface area contributed by atoms with Crippen molar-refractivity contribution in [2.24, 2.45) is 0 Å². The first kappa shape index (κ1) is 17.2. The van der Waals surface area contributed by atoms with E-state index in [0.29, 0.717) is 10.9 Å². The molecule has 0 spiro atoms. The van der Waals surface area contributed by atoms with E-state index in [1.807, 2.05) is 31.2 Å². The monoisotopic (exact) mass is 368 g/mol. The molecule has 5 heteroatoms. The molecule has 3 aromatic rings. The second-order valence-electron chi connectivity index (χ2n) is 7.09. The Labute approximate surface area is 154 Å². The van der Waals surface area contributed by atoms with E-state index in [1.165, 1.54) is 36.1 Å². The van der Waals surface area contributed by atoms with Crippen LogP contribution in [0.3, 0.4) is 0 Å². The molecule has 0 radical (unpaired) electrons. The maximum atomic E-state index is 13.2. The zero-order chi connectivity index (χ0) is 18.1. The van der Waals surface area contributed by atoms with Crippen molar-refractivity contribution in [3.63, 3.8) is 0 Å². The first-order valence-electron chi connectivity index (χ1n) is 9.25. The van der Waals surface area contributed by atoms with Crippen molar-refractivity contribution in [1.29, 1.82) is 0 Å². The molecule has 0 bridgehead atoms. The molecule has 0 amide bonds. The van der Waals surface area contributed by atoms with Crippen LogP contribution >= 0.6 is 0 Å². The quantitative estimate of drug-likeness (QED) is 0.710. The lowest BCUT2D eigenvalue weighted by atomic mass is 9.95. The van der Waals surface area contributed by atoms with Crippen LogP contribution < -0.4 is 5.32 Å². The molecule has 1 aliphatic carbocycles. The zero-order valence-corrected chi connectivity index (χ0v) is 15.8. The van der Waals surface area contributed by atoms with Crippen LogP contribution in [-0.4, -0.2) is 18.4 Å². The second-order valence-corrected chi connectivity index (χ2v) is 8.87. The average Bonchev–Trinajstić information content (AvgIpc) is 3.01. The molecule has 1 aromatic heterocycles. The maximum absolute atomic E-state index is 13.2. The summed E-state index contributed by atoms with van der Waals surface area (Å²) in [6, 6.07) is 16.9. The Kier molecular flexibility index (Phi) is 4.49. The molecule has 26 heavy (non-hydrogen) atoms. The van der Waals surface area contributed by atoms with E-state index < -0.39 is 10.0 Å². The molecular formula is C21H24N2O2S. The van der Waals surface area contributed by atoms with Crippen molar-refractivity contribution in [3.05, 3.63) is 60.3 Å². The molecule has 1 N–H and O–H groups in total. The molecule has 1 heterocycles. The Balaban J connectivity index is 1.80. The zero-order valence-electron chi connectivity index (χ0n) is 15.0. The number of anilines is 1. The van der Waals surface area contributed by atoms with Gasteiger partial charge in [-0.25, -0.2) is 12.4 Å². The largest absolute Gasteiger partial charge is 0.382 e. The van der Waals surface area contributed by atoms with E-state index in [-0.39, 0.29) is 0 Å². The lowest BCUT2D eigenvalue weighted by molar-refractivity contribution is 0.463. The van der Waals surface area contributed by atoms with Crippen LogP contribution in [0.5, 0.6) is 0 Å². The van der Waals surface area contributed by atoms with Crippen molar-refractivity contribution in [2.75, 3.05) is 5.32 Å². The summed E-state index contributed by atoms with van der Waals surface area (Å²) < 4.78 is 27.8. The van der Waals surface area contributed by atoms with Gasteiger partial charge in [-0.3, -0.25) is 0 Å². The number of rotatable bonds is 4. The summed E-state index contributed by atoms with van der Waals surface area (Å²) in [5.41, 5.74) is 2.48. The molecule has 0 aliphatic heterocycles. The number of hydrogen-bond donors (Lipinski definition) is 1. The third-order valence-corrected chi connectivity index (χ3v) is 7.05. The first-order chi connectivity index (χ1) is 12.6. The second kappa shape index (κ2) is 6.80. The number of fused-ring (bicyclic) bond motifs is 1. The molecule has 1 fully saturated rings. The number of hydrogen-bond acceptors (Lipinski definition) is 3. The summed E-state index contributed by atoms with van der Waals surface area (Å²) in [4.78, 5) is 0.311. The minimum Gasteiger partial charge on any atom is -0.382 e. The normalized spacial score (nSPS) is 16.0. The Bertz CT molecular complexity index is 1020. The molecule has 1 saturated carbocycles. The molecule has 2 aromatic carbocycles. The highest BCUT2D eigenvalue weighted by Crippen LogP contribution is 2.32. The van der Waals surface area contributed by atoms with Crippen LogP contribution in [0.25, 0.3) is 10.9 Å². The third kappa shape index (κ3) is 3.01. The Morgan fingerprint density at radius 2 is 1.69 bits per heavy atom. The number of aromatic nitrogens is 1. The number of benzene rings is 2. The van der Waals surface area contributed by atoms with Crippen LogP contribution in [-0.2, 0) is 10.0 Å². The van der Waals surface area contributed by atoms with Crippen molar-refractivity contribution in [3.8, 4) is 0 Å². The highest BCUT2D eigenvalue weighted by molar-refractivity contribution is 7.90. The molecule has 0 atom stereocenters. The van der Waals surface area contributed by atoms with Crippen molar-refractivity contribution < 1.29 is 8.42 Å².